The first kappa shape index (κ1) is 30.3. The van der Waals surface area contributed by atoms with Crippen LogP contribution in [0.5, 0.6) is 0 Å². The van der Waals surface area contributed by atoms with Crippen molar-refractivity contribution in [2.45, 2.75) is 55.8 Å². The second-order valence-electron chi connectivity index (χ2n) is 11.9. The molecule has 4 aromatic rings. The van der Waals surface area contributed by atoms with E-state index < -0.39 is 8.32 Å². The molecule has 1 saturated carbocycles. The van der Waals surface area contributed by atoms with E-state index in [1.807, 2.05) is 18.2 Å². The third-order valence-electron chi connectivity index (χ3n) is 8.13. The minimum absolute atomic E-state index is 0.0877. The zero-order valence-electron chi connectivity index (χ0n) is 24.5. The van der Waals surface area contributed by atoms with Gasteiger partial charge in [0.1, 0.15) is 0 Å². The Morgan fingerprint density at radius 2 is 1.33 bits per heavy atom. The predicted octanol–water partition coefficient (Wildman–Crippen LogP) is 6.67. The molecule has 0 saturated heterocycles. The number of hydrogen-bond donors (Lipinski definition) is 0. The van der Waals surface area contributed by atoms with Gasteiger partial charge in [0, 0.05) is 0 Å². The molecule has 0 amide bonds. The first-order valence-electron chi connectivity index (χ1n) is 14.6. The molecule has 0 aromatic heterocycles. The van der Waals surface area contributed by atoms with Gasteiger partial charge >= 0.3 is 258 Å². The summed E-state index contributed by atoms with van der Waals surface area (Å²) >= 11 is 0.0877. The zero-order valence-corrected chi connectivity index (χ0v) is 27.3. The van der Waals surface area contributed by atoms with Gasteiger partial charge in [-0.25, -0.2) is 0 Å². The van der Waals surface area contributed by atoms with E-state index in [-0.39, 0.29) is 42.9 Å². The molecule has 0 heterocycles. The van der Waals surface area contributed by atoms with E-state index in [4.69, 9.17) is 9.16 Å². The van der Waals surface area contributed by atoms with Crippen LogP contribution < -0.4 is 14.8 Å². The second kappa shape index (κ2) is 13.9. The van der Waals surface area contributed by atoms with Crippen molar-refractivity contribution < 1.29 is 9.16 Å². The van der Waals surface area contributed by atoms with Crippen molar-refractivity contribution in [2.75, 3.05) is 6.61 Å². The fourth-order valence-corrected chi connectivity index (χ4v) is 13.8. The molecule has 7 heteroatoms. The third kappa shape index (κ3) is 6.73. The first-order chi connectivity index (χ1) is 20.4. The normalized spacial score (nSPS) is 20.6. The molecular weight excluding hydrogens is 601 g/mol. The van der Waals surface area contributed by atoms with Gasteiger partial charge in [-0.2, -0.15) is 0 Å². The molecule has 5 nitrogen and oxygen atoms in total. The van der Waals surface area contributed by atoms with Crippen molar-refractivity contribution in [1.82, 2.24) is 0 Å². The second-order valence-corrected chi connectivity index (χ2v) is 18.8. The zero-order chi connectivity index (χ0) is 29.4. The molecule has 5 rings (SSSR count). The van der Waals surface area contributed by atoms with Gasteiger partial charge in [-0.3, -0.25) is 0 Å². The maximum atomic E-state index is 9.63. The van der Waals surface area contributed by atoms with E-state index in [1.165, 1.54) is 14.8 Å². The maximum absolute atomic E-state index is 9.63. The van der Waals surface area contributed by atoms with Crippen LogP contribution in [0.1, 0.15) is 32.8 Å². The third-order valence-corrected chi connectivity index (χ3v) is 16.3. The van der Waals surface area contributed by atoms with E-state index in [9.17, 15) is 5.53 Å². The van der Waals surface area contributed by atoms with Gasteiger partial charge < -0.3 is 0 Å². The fourth-order valence-electron chi connectivity index (χ4n) is 6.19. The van der Waals surface area contributed by atoms with Crippen LogP contribution in [-0.4, -0.2) is 42.0 Å². The summed E-state index contributed by atoms with van der Waals surface area (Å²) in [6.45, 7) is 8.02. The Kier molecular flexibility index (Phi) is 10.0. The molecule has 1 aliphatic carbocycles. The summed E-state index contributed by atoms with van der Waals surface area (Å²) in [5.74, 6) is 0.0890. The molecule has 216 valence electrons. The van der Waals surface area contributed by atoms with Crippen LogP contribution in [0, 0.1) is 5.92 Å². The summed E-state index contributed by atoms with van der Waals surface area (Å²) in [5.41, 5.74) is 10.8. The van der Waals surface area contributed by atoms with Crippen LogP contribution >= 0.6 is 0 Å². The average molecular weight is 641 g/mol. The van der Waals surface area contributed by atoms with E-state index in [0.29, 0.717) is 19.6 Å². The van der Waals surface area contributed by atoms with Gasteiger partial charge in [-0.1, -0.05) is 0 Å². The predicted molar refractivity (Wildman–Crippen MR) is 175 cm³/mol. The quantitative estimate of drug-likeness (QED) is 0.0796. The SMILES string of the molecule is CC(C)(C)[Si](O[C@H]1C[C@H](N=[N+]=[N-])[C@@H]([Se]c2ccccc2)[C@@H]1COCc1ccccc1)(c1ccccc1)c1ccccc1. The topological polar surface area (TPSA) is 67.2 Å². The Labute approximate surface area is 257 Å². The fraction of sp³-hybridized carbons (Fsp3) is 0.314. The number of nitrogens with zero attached hydrogens (tertiary/aromatic N) is 3. The Morgan fingerprint density at radius 3 is 1.86 bits per heavy atom. The molecule has 0 spiro atoms. The molecule has 4 atom stereocenters. The molecule has 4 aromatic carbocycles. The minimum atomic E-state index is -2.82. The van der Waals surface area contributed by atoms with Crippen LogP contribution in [0.4, 0.5) is 0 Å². The van der Waals surface area contributed by atoms with Crippen molar-refractivity contribution in [3.8, 4) is 0 Å². The Hall–Kier alpha value is -3.15. The van der Waals surface area contributed by atoms with Gasteiger partial charge in [0.05, 0.1) is 0 Å². The molecule has 0 bridgehead atoms. The van der Waals surface area contributed by atoms with E-state index >= 15 is 0 Å². The van der Waals surface area contributed by atoms with Crippen LogP contribution in [0.15, 0.2) is 126 Å². The van der Waals surface area contributed by atoms with Gasteiger partial charge in [0.25, 0.3) is 0 Å². The van der Waals surface area contributed by atoms with Crippen molar-refractivity contribution in [1.29, 1.82) is 0 Å². The van der Waals surface area contributed by atoms with Gasteiger partial charge in [0.15, 0.2) is 0 Å². The molecule has 0 radical (unpaired) electrons. The molecule has 1 fully saturated rings. The van der Waals surface area contributed by atoms with Crippen LogP contribution in [0.25, 0.3) is 10.4 Å². The van der Waals surface area contributed by atoms with Crippen LogP contribution in [0.3, 0.4) is 0 Å². The molecule has 42 heavy (non-hydrogen) atoms. The number of ether oxygens (including phenoxy) is 1. The molecule has 1 aliphatic rings. The van der Waals surface area contributed by atoms with Gasteiger partial charge in [0.2, 0.25) is 0 Å². The Balaban J connectivity index is 1.56. The summed E-state index contributed by atoms with van der Waals surface area (Å²) < 4.78 is 15.4. The van der Waals surface area contributed by atoms with Crippen LogP contribution in [-0.2, 0) is 15.8 Å². The summed E-state index contributed by atoms with van der Waals surface area (Å²) in [7, 11) is -2.82. The summed E-state index contributed by atoms with van der Waals surface area (Å²) in [5, 5.41) is 6.74. The Morgan fingerprint density at radius 1 is 0.810 bits per heavy atom. The van der Waals surface area contributed by atoms with Crippen molar-refractivity contribution in [2.24, 2.45) is 11.0 Å². The summed E-state index contributed by atoms with van der Waals surface area (Å²) in [6, 6.07) is 42.3. The van der Waals surface area contributed by atoms with Crippen molar-refractivity contribution in [3.05, 3.63) is 137 Å². The number of benzene rings is 4. The number of rotatable bonds is 11. The standard InChI is InChI=1S/C35H39N3O2SeSi/c1-35(2,3)42(29-20-12-6-13-21-29,30-22-14-7-15-23-30)40-33-24-32(37-38-36)34(41-28-18-10-5-11-19-28)31(33)26-39-25-27-16-8-4-9-17-27/h4-23,31-34H,24-26H2,1-3H3/t31-,32+,33+,34+/m1/s1. The van der Waals surface area contributed by atoms with Gasteiger partial charge in [-0.05, 0) is 0 Å². The van der Waals surface area contributed by atoms with Crippen LogP contribution in [0.2, 0.25) is 9.85 Å². The molecular formula is C35H39N3O2SeSi. The number of azide groups is 1. The first-order valence-corrected chi connectivity index (χ1v) is 18.3. The molecule has 0 aliphatic heterocycles. The molecule has 0 N–H and O–H groups in total. The monoisotopic (exact) mass is 641 g/mol. The number of hydrogen-bond acceptors (Lipinski definition) is 3. The molecule has 0 unspecified atom stereocenters. The summed E-state index contributed by atoms with van der Waals surface area (Å²) in [4.78, 5) is 3.48. The summed E-state index contributed by atoms with van der Waals surface area (Å²) in [6.07, 6.45) is 0.575. The van der Waals surface area contributed by atoms with E-state index in [0.717, 1.165) is 5.56 Å². The van der Waals surface area contributed by atoms with Gasteiger partial charge in [-0.15, -0.1) is 0 Å². The van der Waals surface area contributed by atoms with E-state index in [1.54, 1.807) is 0 Å². The van der Waals surface area contributed by atoms with Crippen molar-refractivity contribution >= 4 is 38.1 Å². The van der Waals surface area contributed by atoms with Crippen molar-refractivity contribution in [3.63, 3.8) is 0 Å². The van der Waals surface area contributed by atoms with E-state index in [2.05, 4.69) is 134 Å². The average Bonchev–Trinajstić information content (AvgIpc) is 3.32. The Bertz CT molecular complexity index is 1410.